The maximum Gasteiger partial charge on any atom is 0.225 e. The molecule has 1 saturated heterocycles. The van der Waals surface area contributed by atoms with Crippen molar-refractivity contribution in [2.75, 3.05) is 24.6 Å². The van der Waals surface area contributed by atoms with Crippen LogP contribution in [0.3, 0.4) is 0 Å². The molecule has 94 valence electrons. The zero-order valence-corrected chi connectivity index (χ0v) is 10.2. The summed E-state index contributed by atoms with van der Waals surface area (Å²) >= 11 is 0. The normalized spacial score (nSPS) is 17.4. The average molecular weight is 237 g/mol. The van der Waals surface area contributed by atoms with Crippen LogP contribution in [0.2, 0.25) is 0 Å². The van der Waals surface area contributed by atoms with Gasteiger partial charge < -0.3 is 14.7 Å². The highest BCUT2D eigenvalue weighted by Crippen LogP contribution is 2.17. The third-order valence-corrected chi connectivity index (χ3v) is 3.00. The van der Waals surface area contributed by atoms with E-state index in [1.807, 2.05) is 6.92 Å². The summed E-state index contributed by atoms with van der Waals surface area (Å²) in [4.78, 5) is 10.7. The lowest BCUT2D eigenvalue weighted by molar-refractivity contribution is 0.0457. The lowest BCUT2D eigenvalue weighted by Gasteiger charge is -2.31. The molecule has 0 saturated carbocycles. The van der Waals surface area contributed by atoms with Crippen molar-refractivity contribution in [1.29, 1.82) is 0 Å². The van der Waals surface area contributed by atoms with Crippen LogP contribution in [0, 0.1) is 0 Å². The number of aliphatic hydroxyl groups excluding tert-OH is 1. The highest BCUT2D eigenvalue weighted by molar-refractivity contribution is 5.30. The van der Waals surface area contributed by atoms with E-state index in [-0.39, 0.29) is 6.61 Å². The molecular formula is C12H19N3O2. The number of anilines is 1. The van der Waals surface area contributed by atoms with Gasteiger partial charge in [0.25, 0.3) is 0 Å². The first-order chi connectivity index (χ1) is 8.33. The van der Waals surface area contributed by atoms with E-state index < -0.39 is 0 Å². The number of hydrogen-bond acceptors (Lipinski definition) is 5. The predicted octanol–water partition coefficient (Wildman–Crippen LogP) is 0.974. The summed E-state index contributed by atoms with van der Waals surface area (Å²) in [5, 5.41) is 8.92. The number of nitrogens with zero attached hydrogens (tertiary/aromatic N) is 3. The van der Waals surface area contributed by atoms with E-state index in [1.54, 1.807) is 12.4 Å². The maximum absolute atomic E-state index is 8.92. The van der Waals surface area contributed by atoms with Crippen LogP contribution >= 0.6 is 0 Å². The summed E-state index contributed by atoms with van der Waals surface area (Å²) in [5.41, 5.74) is 0.748. The molecule has 17 heavy (non-hydrogen) atoms. The van der Waals surface area contributed by atoms with E-state index in [4.69, 9.17) is 9.84 Å². The van der Waals surface area contributed by atoms with Crippen molar-refractivity contribution >= 4 is 5.95 Å². The molecule has 1 fully saturated rings. The number of aromatic nitrogens is 2. The van der Waals surface area contributed by atoms with E-state index in [0.717, 1.165) is 44.0 Å². The summed E-state index contributed by atoms with van der Waals surface area (Å²) in [7, 11) is 0. The van der Waals surface area contributed by atoms with Gasteiger partial charge in [0.1, 0.15) is 0 Å². The standard InChI is InChI=1S/C12H19N3O2/c1-2-17-11-3-5-15(6-4-11)12-13-7-10(9-16)8-14-12/h7-8,11,16H,2-6,9H2,1H3. The predicted molar refractivity (Wildman–Crippen MR) is 64.8 cm³/mol. The Bertz CT molecular complexity index is 334. The molecule has 0 aliphatic carbocycles. The molecule has 0 unspecified atom stereocenters. The van der Waals surface area contributed by atoms with Crippen LogP contribution in [-0.4, -0.2) is 40.9 Å². The molecule has 5 nitrogen and oxygen atoms in total. The first kappa shape index (κ1) is 12.3. The summed E-state index contributed by atoms with van der Waals surface area (Å²) in [5.74, 6) is 0.747. The van der Waals surface area contributed by atoms with Gasteiger partial charge in [0.2, 0.25) is 5.95 Å². The molecule has 1 aliphatic rings. The molecule has 1 aliphatic heterocycles. The minimum Gasteiger partial charge on any atom is -0.392 e. The van der Waals surface area contributed by atoms with Gasteiger partial charge in [-0.2, -0.15) is 0 Å². The van der Waals surface area contributed by atoms with Gasteiger partial charge in [-0.25, -0.2) is 9.97 Å². The molecule has 1 aromatic rings. The fourth-order valence-electron chi connectivity index (χ4n) is 2.05. The van der Waals surface area contributed by atoms with E-state index in [2.05, 4.69) is 14.9 Å². The Labute approximate surface area is 101 Å². The second-order valence-corrected chi connectivity index (χ2v) is 4.19. The smallest absolute Gasteiger partial charge is 0.225 e. The van der Waals surface area contributed by atoms with Crippen molar-refractivity contribution < 1.29 is 9.84 Å². The molecule has 0 spiro atoms. The van der Waals surface area contributed by atoms with Gasteiger partial charge >= 0.3 is 0 Å². The third-order valence-electron chi connectivity index (χ3n) is 3.00. The third kappa shape index (κ3) is 3.14. The van der Waals surface area contributed by atoms with Crippen molar-refractivity contribution in [3.05, 3.63) is 18.0 Å². The fourth-order valence-corrected chi connectivity index (χ4v) is 2.05. The molecule has 0 bridgehead atoms. The highest BCUT2D eigenvalue weighted by atomic mass is 16.5. The lowest BCUT2D eigenvalue weighted by atomic mass is 10.1. The Morgan fingerprint density at radius 3 is 2.53 bits per heavy atom. The minimum absolute atomic E-state index is 0.00725. The Morgan fingerprint density at radius 1 is 1.35 bits per heavy atom. The Hall–Kier alpha value is -1.20. The molecule has 0 amide bonds. The van der Waals surface area contributed by atoms with E-state index in [9.17, 15) is 0 Å². The summed E-state index contributed by atoms with van der Waals surface area (Å²) < 4.78 is 5.60. The van der Waals surface area contributed by atoms with E-state index in [0.29, 0.717) is 6.10 Å². The Morgan fingerprint density at radius 2 is 2.00 bits per heavy atom. The van der Waals surface area contributed by atoms with E-state index >= 15 is 0 Å². The van der Waals surface area contributed by atoms with Crippen LogP contribution in [0.1, 0.15) is 25.3 Å². The van der Waals surface area contributed by atoms with Crippen molar-refractivity contribution in [1.82, 2.24) is 9.97 Å². The number of rotatable bonds is 4. The SMILES string of the molecule is CCOC1CCN(c2ncc(CO)cn2)CC1. The quantitative estimate of drug-likeness (QED) is 0.845. The van der Waals surface area contributed by atoms with Crippen LogP contribution in [0.4, 0.5) is 5.95 Å². The summed E-state index contributed by atoms with van der Waals surface area (Å²) in [6.45, 7) is 4.68. The molecule has 0 atom stereocenters. The number of ether oxygens (including phenoxy) is 1. The van der Waals surface area contributed by atoms with Crippen molar-refractivity contribution in [3.63, 3.8) is 0 Å². The average Bonchev–Trinajstić information content (AvgIpc) is 2.40. The second-order valence-electron chi connectivity index (χ2n) is 4.19. The molecule has 0 aromatic carbocycles. The van der Waals surface area contributed by atoms with Gasteiger partial charge in [-0.05, 0) is 19.8 Å². The number of hydrogen-bond donors (Lipinski definition) is 1. The van der Waals surface area contributed by atoms with Gasteiger partial charge in [-0.15, -0.1) is 0 Å². The fraction of sp³-hybridized carbons (Fsp3) is 0.667. The van der Waals surface area contributed by atoms with Gasteiger partial charge in [0.15, 0.2) is 0 Å². The largest absolute Gasteiger partial charge is 0.392 e. The second kappa shape index (κ2) is 5.93. The molecule has 1 aromatic heterocycles. The van der Waals surface area contributed by atoms with E-state index in [1.165, 1.54) is 0 Å². The van der Waals surface area contributed by atoms with Crippen LogP contribution < -0.4 is 4.90 Å². The van der Waals surface area contributed by atoms with Gasteiger partial charge in [0, 0.05) is 37.7 Å². The highest BCUT2D eigenvalue weighted by Gasteiger charge is 2.20. The minimum atomic E-state index is -0.00725. The molecule has 5 heteroatoms. The molecule has 2 rings (SSSR count). The van der Waals surface area contributed by atoms with Crippen LogP contribution in [0.25, 0.3) is 0 Å². The van der Waals surface area contributed by atoms with Gasteiger partial charge in [0.05, 0.1) is 12.7 Å². The zero-order valence-electron chi connectivity index (χ0n) is 10.2. The van der Waals surface area contributed by atoms with Gasteiger partial charge in [-0.1, -0.05) is 0 Å². The van der Waals surface area contributed by atoms with Crippen molar-refractivity contribution in [2.45, 2.75) is 32.5 Å². The number of aliphatic hydroxyl groups is 1. The topological polar surface area (TPSA) is 58.5 Å². The Kier molecular flexibility index (Phi) is 4.28. The number of piperidine rings is 1. The van der Waals surface area contributed by atoms with Crippen molar-refractivity contribution in [3.8, 4) is 0 Å². The summed E-state index contributed by atoms with van der Waals surface area (Å²) in [6.07, 6.45) is 5.79. The van der Waals surface area contributed by atoms with Crippen LogP contribution in [0.5, 0.6) is 0 Å². The van der Waals surface area contributed by atoms with Crippen LogP contribution in [-0.2, 0) is 11.3 Å². The van der Waals surface area contributed by atoms with Crippen LogP contribution in [0.15, 0.2) is 12.4 Å². The molecule has 0 radical (unpaired) electrons. The Balaban J connectivity index is 1.91. The molecule has 1 N–H and O–H groups in total. The van der Waals surface area contributed by atoms with Crippen molar-refractivity contribution in [2.24, 2.45) is 0 Å². The monoisotopic (exact) mass is 237 g/mol. The maximum atomic E-state index is 8.92. The van der Waals surface area contributed by atoms with Gasteiger partial charge in [-0.3, -0.25) is 0 Å². The zero-order chi connectivity index (χ0) is 12.1. The molecular weight excluding hydrogens is 218 g/mol. The summed E-state index contributed by atoms with van der Waals surface area (Å²) in [6, 6.07) is 0. The lowest BCUT2D eigenvalue weighted by Crippen LogP contribution is -2.38. The first-order valence-electron chi connectivity index (χ1n) is 6.11. The first-order valence-corrected chi connectivity index (χ1v) is 6.11. The molecule has 2 heterocycles.